The lowest BCUT2D eigenvalue weighted by Crippen LogP contribution is -2.49. The number of guanidine groups is 1. The molecule has 7 N–H and O–H groups in total. The van der Waals surface area contributed by atoms with E-state index in [9.17, 15) is 0 Å². The Hall–Kier alpha value is -1.27. The predicted octanol–water partition coefficient (Wildman–Crippen LogP) is -1.69. The van der Waals surface area contributed by atoms with Crippen molar-refractivity contribution in [3.63, 3.8) is 0 Å². The van der Waals surface area contributed by atoms with Crippen LogP contribution < -0.4 is 22.5 Å². The number of rotatable bonds is 3. The summed E-state index contributed by atoms with van der Waals surface area (Å²) in [4.78, 5) is 6.15. The SMILES string of the molecule is CN(C)CCC1(N)C=C(N)NC(N)=N1. The summed E-state index contributed by atoms with van der Waals surface area (Å²) in [7, 11) is 3.95. The van der Waals surface area contributed by atoms with Crippen molar-refractivity contribution in [2.45, 2.75) is 12.1 Å². The number of nitrogens with two attached hydrogens (primary N) is 3. The van der Waals surface area contributed by atoms with Gasteiger partial charge in [0.05, 0.1) is 0 Å². The van der Waals surface area contributed by atoms with E-state index in [1.165, 1.54) is 0 Å². The molecule has 6 nitrogen and oxygen atoms in total. The van der Waals surface area contributed by atoms with E-state index in [4.69, 9.17) is 17.2 Å². The second kappa shape index (κ2) is 3.85. The molecule has 0 saturated carbocycles. The van der Waals surface area contributed by atoms with Crippen molar-refractivity contribution in [2.75, 3.05) is 20.6 Å². The first-order valence-electron chi connectivity index (χ1n) is 4.45. The van der Waals surface area contributed by atoms with Gasteiger partial charge in [0.1, 0.15) is 11.5 Å². The Kier molecular flexibility index (Phi) is 2.97. The second-order valence-corrected chi connectivity index (χ2v) is 3.77. The fourth-order valence-electron chi connectivity index (χ4n) is 1.27. The van der Waals surface area contributed by atoms with Crippen molar-refractivity contribution in [3.05, 3.63) is 11.9 Å². The van der Waals surface area contributed by atoms with Crippen LogP contribution in [0.25, 0.3) is 0 Å². The van der Waals surface area contributed by atoms with Gasteiger partial charge in [-0.2, -0.15) is 0 Å². The third-order valence-corrected chi connectivity index (χ3v) is 1.97. The van der Waals surface area contributed by atoms with Crippen molar-refractivity contribution < 1.29 is 0 Å². The van der Waals surface area contributed by atoms with Crippen LogP contribution in [0.3, 0.4) is 0 Å². The van der Waals surface area contributed by atoms with Gasteiger partial charge in [0, 0.05) is 13.0 Å². The summed E-state index contributed by atoms with van der Waals surface area (Å²) in [5, 5.41) is 2.70. The summed E-state index contributed by atoms with van der Waals surface area (Å²) in [5.74, 6) is 0.727. The molecule has 14 heavy (non-hydrogen) atoms. The Morgan fingerprint density at radius 2 is 2.14 bits per heavy atom. The Bertz CT molecular complexity index is 249. The van der Waals surface area contributed by atoms with E-state index in [2.05, 4.69) is 10.3 Å². The summed E-state index contributed by atoms with van der Waals surface area (Å²) in [6.07, 6.45) is 2.37. The van der Waals surface area contributed by atoms with Gasteiger partial charge >= 0.3 is 0 Å². The van der Waals surface area contributed by atoms with Crippen molar-refractivity contribution in [1.29, 1.82) is 0 Å². The Morgan fingerprint density at radius 3 is 2.64 bits per heavy atom. The molecule has 0 aromatic carbocycles. The van der Waals surface area contributed by atoms with Crippen molar-refractivity contribution in [1.82, 2.24) is 10.2 Å². The molecule has 0 amide bonds. The number of aliphatic imine (C=N–C) groups is 1. The minimum absolute atomic E-state index is 0.270. The van der Waals surface area contributed by atoms with E-state index in [1.54, 1.807) is 6.08 Å². The summed E-state index contributed by atoms with van der Waals surface area (Å²) in [6.45, 7) is 0.830. The molecule has 1 atom stereocenters. The molecule has 0 saturated heterocycles. The molecule has 1 aliphatic rings. The molecule has 1 aliphatic heterocycles. The summed E-state index contributed by atoms with van der Waals surface area (Å²) >= 11 is 0. The highest BCUT2D eigenvalue weighted by Crippen LogP contribution is 2.14. The van der Waals surface area contributed by atoms with Gasteiger partial charge in [0.25, 0.3) is 0 Å². The van der Waals surface area contributed by atoms with Crippen molar-refractivity contribution >= 4 is 5.96 Å². The van der Waals surface area contributed by atoms with Crippen molar-refractivity contribution in [2.24, 2.45) is 22.2 Å². The first-order valence-corrected chi connectivity index (χ1v) is 4.45. The molecule has 0 radical (unpaired) electrons. The third-order valence-electron chi connectivity index (χ3n) is 1.97. The van der Waals surface area contributed by atoms with Crippen LogP contribution in [0, 0.1) is 0 Å². The van der Waals surface area contributed by atoms with Gasteiger partial charge in [-0.1, -0.05) is 0 Å². The normalized spacial score (nSPS) is 26.9. The molecular weight excluding hydrogens is 180 g/mol. The van der Waals surface area contributed by atoms with E-state index in [0.29, 0.717) is 12.2 Å². The average molecular weight is 198 g/mol. The Balaban J connectivity index is 2.67. The van der Waals surface area contributed by atoms with E-state index in [-0.39, 0.29) is 5.96 Å². The minimum Gasteiger partial charge on any atom is -0.385 e. The van der Waals surface area contributed by atoms with Crippen LogP contribution in [0.4, 0.5) is 0 Å². The van der Waals surface area contributed by atoms with Gasteiger partial charge in [-0.05, 0) is 20.2 Å². The smallest absolute Gasteiger partial charge is 0.196 e. The Morgan fingerprint density at radius 1 is 1.50 bits per heavy atom. The number of hydrogen-bond acceptors (Lipinski definition) is 6. The Labute approximate surface area is 83.8 Å². The first-order chi connectivity index (χ1) is 6.41. The molecule has 0 fully saturated rings. The maximum absolute atomic E-state index is 6.00. The van der Waals surface area contributed by atoms with Gasteiger partial charge in [0.2, 0.25) is 0 Å². The fraction of sp³-hybridized carbons (Fsp3) is 0.625. The fourth-order valence-corrected chi connectivity index (χ4v) is 1.27. The summed E-state index contributed by atoms with van der Waals surface area (Å²) < 4.78 is 0. The minimum atomic E-state index is -0.774. The van der Waals surface area contributed by atoms with Crippen molar-refractivity contribution in [3.8, 4) is 0 Å². The quantitative estimate of drug-likeness (QED) is 0.433. The second-order valence-electron chi connectivity index (χ2n) is 3.77. The number of hydrogen-bond donors (Lipinski definition) is 4. The maximum Gasteiger partial charge on any atom is 0.196 e. The molecule has 6 heteroatoms. The highest BCUT2D eigenvalue weighted by atomic mass is 15.2. The standard InChI is InChI=1S/C8H18N6/c1-14(2)4-3-8(11)5-6(9)12-7(10)13-8/h5H,3-4,9,11H2,1-2H3,(H3,10,12,13). The zero-order valence-electron chi connectivity index (χ0n) is 8.62. The molecule has 0 spiro atoms. The molecular formula is C8H18N6. The van der Waals surface area contributed by atoms with Crippen LogP contribution in [0.2, 0.25) is 0 Å². The molecule has 1 rings (SSSR count). The lowest BCUT2D eigenvalue weighted by molar-refractivity contribution is 0.351. The third kappa shape index (κ3) is 2.90. The molecule has 1 unspecified atom stereocenters. The molecule has 80 valence electrons. The van der Waals surface area contributed by atoms with Gasteiger partial charge < -0.3 is 27.4 Å². The van der Waals surface area contributed by atoms with E-state index < -0.39 is 5.66 Å². The lowest BCUT2D eigenvalue weighted by Gasteiger charge is -2.28. The van der Waals surface area contributed by atoms with Gasteiger partial charge in [-0.15, -0.1) is 0 Å². The molecule has 1 heterocycles. The summed E-state index contributed by atoms with van der Waals surface area (Å²) in [5.41, 5.74) is 16.4. The largest absolute Gasteiger partial charge is 0.385 e. The summed E-state index contributed by atoms with van der Waals surface area (Å²) in [6, 6.07) is 0. The van der Waals surface area contributed by atoms with Crippen LogP contribution in [-0.2, 0) is 0 Å². The van der Waals surface area contributed by atoms with Gasteiger partial charge in [-0.3, -0.25) is 0 Å². The van der Waals surface area contributed by atoms with Crippen LogP contribution in [0.15, 0.2) is 16.9 Å². The first kappa shape index (κ1) is 10.8. The lowest BCUT2D eigenvalue weighted by atomic mass is 10.1. The van der Waals surface area contributed by atoms with Gasteiger partial charge in [0.15, 0.2) is 5.96 Å². The monoisotopic (exact) mass is 198 g/mol. The van der Waals surface area contributed by atoms with Crippen LogP contribution in [0.1, 0.15) is 6.42 Å². The van der Waals surface area contributed by atoms with Gasteiger partial charge in [-0.25, -0.2) is 4.99 Å². The highest BCUT2D eigenvalue weighted by Gasteiger charge is 2.25. The predicted molar refractivity (Wildman–Crippen MR) is 57.1 cm³/mol. The zero-order valence-corrected chi connectivity index (χ0v) is 8.62. The molecule has 0 bridgehead atoms. The molecule has 0 aliphatic carbocycles. The van der Waals surface area contributed by atoms with E-state index >= 15 is 0 Å². The molecule has 0 aromatic rings. The maximum atomic E-state index is 6.00. The van der Waals surface area contributed by atoms with Crippen LogP contribution >= 0.6 is 0 Å². The molecule has 0 aromatic heterocycles. The van der Waals surface area contributed by atoms with E-state index in [0.717, 1.165) is 6.54 Å². The zero-order chi connectivity index (χ0) is 10.8. The topological polar surface area (TPSA) is 106 Å². The number of nitrogens with one attached hydrogen (secondary N) is 1. The average Bonchev–Trinajstić information content (AvgIpc) is 1.98. The van der Waals surface area contributed by atoms with Crippen LogP contribution in [0.5, 0.6) is 0 Å². The van der Waals surface area contributed by atoms with Crippen LogP contribution in [-0.4, -0.2) is 37.2 Å². The van der Waals surface area contributed by atoms with E-state index in [1.807, 2.05) is 19.0 Å². The number of nitrogens with zero attached hydrogens (tertiary/aromatic N) is 2. The highest BCUT2D eigenvalue weighted by molar-refractivity contribution is 5.81.